The average molecular weight is 230 g/mol. The molecule has 0 aromatic heterocycles. The summed E-state index contributed by atoms with van der Waals surface area (Å²) in [7, 11) is 1.22. The number of hydrogen-bond donors (Lipinski definition) is 1. The molecule has 1 unspecified atom stereocenters. The summed E-state index contributed by atoms with van der Waals surface area (Å²) in [6, 6.07) is 0. The first kappa shape index (κ1) is 14.9. The molecule has 0 spiro atoms. The second kappa shape index (κ2) is 7.25. The highest BCUT2D eigenvalue weighted by molar-refractivity contribution is 5.98. The summed E-state index contributed by atoms with van der Waals surface area (Å²) in [5, 5.41) is 9.04. The molecule has 0 aliphatic rings. The van der Waals surface area contributed by atoms with Crippen LogP contribution in [-0.4, -0.2) is 24.2 Å². The lowest BCUT2D eigenvalue weighted by atomic mass is 9.84. The summed E-state index contributed by atoms with van der Waals surface area (Å²) < 4.78 is 4.54. The van der Waals surface area contributed by atoms with Gasteiger partial charge in [-0.2, -0.15) is 0 Å². The number of carbonyl (C=O) groups is 2. The number of esters is 1. The highest BCUT2D eigenvalue weighted by Crippen LogP contribution is 2.26. The fourth-order valence-electron chi connectivity index (χ4n) is 1.60. The summed E-state index contributed by atoms with van der Waals surface area (Å²) in [4.78, 5) is 22.4. The third kappa shape index (κ3) is 4.21. The molecule has 0 heterocycles. The van der Waals surface area contributed by atoms with Crippen LogP contribution in [0.3, 0.4) is 0 Å². The molecule has 0 rings (SSSR count). The summed E-state index contributed by atoms with van der Waals surface area (Å²) in [5.41, 5.74) is -1.39. The highest BCUT2D eigenvalue weighted by Gasteiger charge is 2.41. The molecular weight excluding hydrogens is 208 g/mol. The zero-order valence-corrected chi connectivity index (χ0v) is 10.4. The second-order valence-corrected chi connectivity index (χ2v) is 4.29. The predicted octanol–water partition coefficient (Wildman–Crippen LogP) is 2.61. The molecule has 0 aliphatic carbocycles. The van der Waals surface area contributed by atoms with E-state index >= 15 is 0 Å². The van der Waals surface area contributed by atoms with Gasteiger partial charge >= 0.3 is 11.9 Å². The maximum atomic E-state index is 11.4. The van der Waals surface area contributed by atoms with Crippen LogP contribution in [0.4, 0.5) is 0 Å². The van der Waals surface area contributed by atoms with Crippen molar-refractivity contribution < 1.29 is 19.4 Å². The van der Waals surface area contributed by atoms with Crippen molar-refractivity contribution in [2.45, 2.75) is 52.4 Å². The van der Waals surface area contributed by atoms with Gasteiger partial charge in [0.25, 0.3) is 0 Å². The van der Waals surface area contributed by atoms with E-state index in [0.29, 0.717) is 6.42 Å². The molecule has 1 N–H and O–H groups in total. The molecule has 94 valence electrons. The van der Waals surface area contributed by atoms with Crippen LogP contribution in [0.15, 0.2) is 0 Å². The van der Waals surface area contributed by atoms with Crippen molar-refractivity contribution in [1.29, 1.82) is 0 Å². The SMILES string of the molecule is CCCCCCCC(C)(C(=O)O)C(=O)OC. The maximum absolute atomic E-state index is 11.4. The normalized spacial score (nSPS) is 14.2. The van der Waals surface area contributed by atoms with Gasteiger partial charge in [-0.25, -0.2) is 0 Å². The molecule has 0 aromatic carbocycles. The van der Waals surface area contributed by atoms with Crippen LogP contribution in [0, 0.1) is 5.41 Å². The number of methoxy groups -OCH3 is 1. The molecule has 0 amide bonds. The van der Waals surface area contributed by atoms with E-state index in [4.69, 9.17) is 5.11 Å². The van der Waals surface area contributed by atoms with Crippen LogP contribution in [0.2, 0.25) is 0 Å². The van der Waals surface area contributed by atoms with Gasteiger partial charge in [0.1, 0.15) is 0 Å². The first-order chi connectivity index (χ1) is 7.49. The maximum Gasteiger partial charge on any atom is 0.322 e. The quantitative estimate of drug-likeness (QED) is 0.395. The van der Waals surface area contributed by atoms with E-state index in [1.165, 1.54) is 14.0 Å². The zero-order valence-electron chi connectivity index (χ0n) is 10.4. The van der Waals surface area contributed by atoms with Gasteiger partial charge in [-0.3, -0.25) is 9.59 Å². The largest absolute Gasteiger partial charge is 0.480 e. The predicted molar refractivity (Wildman–Crippen MR) is 61.1 cm³/mol. The molecule has 0 saturated heterocycles. The summed E-state index contributed by atoms with van der Waals surface area (Å²) in [6.45, 7) is 3.55. The van der Waals surface area contributed by atoms with Gasteiger partial charge in [0, 0.05) is 0 Å². The van der Waals surface area contributed by atoms with Gasteiger partial charge < -0.3 is 9.84 Å². The Balaban J connectivity index is 4.14. The van der Waals surface area contributed by atoms with Crippen molar-refractivity contribution in [3.8, 4) is 0 Å². The summed E-state index contributed by atoms with van der Waals surface area (Å²) in [5.74, 6) is -1.76. The Morgan fingerprint density at radius 1 is 1.19 bits per heavy atom. The van der Waals surface area contributed by atoms with Gasteiger partial charge in [0.2, 0.25) is 0 Å². The van der Waals surface area contributed by atoms with Crippen molar-refractivity contribution >= 4 is 11.9 Å². The van der Waals surface area contributed by atoms with Gasteiger partial charge in [0.05, 0.1) is 7.11 Å². The van der Waals surface area contributed by atoms with E-state index in [2.05, 4.69) is 11.7 Å². The highest BCUT2D eigenvalue weighted by atomic mass is 16.5. The molecule has 0 saturated carbocycles. The first-order valence-electron chi connectivity index (χ1n) is 5.80. The van der Waals surface area contributed by atoms with Crippen LogP contribution in [-0.2, 0) is 14.3 Å². The number of carboxylic acids is 1. The van der Waals surface area contributed by atoms with Crippen LogP contribution < -0.4 is 0 Å². The van der Waals surface area contributed by atoms with E-state index in [0.717, 1.165) is 32.1 Å². The minimum Gasteiger partial charge on any atom is -0.480 e. The zero-order chi connectivity index (χ0) is 12.6. The number of aliphatic carboxylic acids is 1. The molecule has 0 aromatic rings. The average Bonchev–Trinajstić information content (AvgIpc) is 2.27. The van der Waals surface area contributed by atoms with Crippen molar-refractivity contribution in [3.05, 3.63) is 0 Å². The summed E-state index contributed by atoms with van der Waals surface area (Å²) in [6.07, 6.45) is 5.45. The Morgan fingerprint density at radius 3 is 2.19 bits per heavy atom. The lowest BCUT2D eigenvalue weighted by molar-refractivity contribution is -0.166. The Kier molecular flexibility index (Phi) is 6.77. The van der Waals surface area contributed by atoms with Gasteiger partial charge in [-0.05, 0) is 13.3 Å². The number of rotatable bonds is 8. The summed E-state index contributed by atoms with van der Waals surface area (Å²) >= 11 is 0. The number of unbranched alkanes of at least 4 members (excludes halogenated alkanes) is 4. The van der Waals surface area contributed by atoms with Crippen molar-refractivity contribution in [1.82, 2.24) is 0 Å². The lowest BCUT2D eigenvalue weighted by Gasteiger charge is -2.21. The molecule has 1 atom stereocenters. The van der Waals surface area contributed by atoms with Gasteiger partial charge in [0.15, 0.2) is 5.41 Å². The molecule has 0 fully saturated rings. The second-order valence-electron chi connectivity index (χ2n) is 4.29. The van der Waals surface area contributed by atoms with E-state index in [9.17, 15) is 9.59 Å². The Morgan fingerprint density at radius 2 is 1.75 bits per heavy atom. The van der Waals surface area contributed by atoms with Crippen LogP contribution in [0.25, 0.3) is 0 Å². The third-order valence-electron chi connectivity index (χ3n) is 2.89. The molecule has 0 bridgehead atoms. The molecule has 4 nitrogen and oxygen atoms in total. The third-order valence-corrected chi connectivity index (χ3v) is 2.89. The molecule has 0 radical (unpaired) electrons. The van der Waals surface area contributed by atoms with E-state index in [-0.39, 0.29) is 0 Å². The first-order valence-corrected chi connectivity index (χ1v) is 5.80. The molecule has 4 heteroatoms. The van der Waals surface area contributed by atoms with Crippen molar-refractivity contribution in [2.75, 3.05) is 7.11 Å². The fraction of sp³-hybridized carbons (Fsp3) is 0.833. The standard InChI is InChI=1S/C12H22O4/c1-4-5-6-7-8-9-12(2,10(13)14)11(15)16-3/h4-9H2,1-3H3,(H,13,14). The van der Waals surface area contributed by atoms with E-state index in [1.807, 2.05) is 0 Å². The number of ether oxygens (including phenoxy) is 1. The van der Waals surface area contributed by atoms with E-state index < -0.39 is 17.4 Å². The van der Waals surface area contributed by atoms with Gasteiger partial charge in [-0.1, -0.05) is 39.0 Å². The minimum atomic E-state index is -1.39. The molecular formula is C12H22O4. The number of carbonyl (C=O) groups excluding carboxylic acids is 1. The van der Waals surface area contributed by atoms with Crippen molar-refractivity contribution in [2.24, 2.45) is 5.41 Å². The minimum absolute atomic E-state index is 0.346. The smallest absolute Gasteiger partial charge is 0.322 e. The number of carboxylic acid groups (broad SMARTS) is 1. The molecule has 16 heavy (non-hydrogen) atoms. The number of hydrogen-bond acceptors (Lipinski definition) is 3. The monoisotopic (exact) mass is 230 g/mol. The lowest BCUT2D eigenvalue weighted by Crippen LogP contribution is -2.37. The van der Waals surface area contributed by atoms with Gasteiger partial charge in [-0.15, -0.1) is 0 Å². The van der Waals surface area contributed by atoms with Crippen molar-refractivity contribution in [3.63, 3.8) is 0 Å². The van der Waals surface area contributed by atoms with E-state index in [1.54, 1.807) is 0 Å². The topological polar surface area (TPSA) is 63.6 Å². The Hall–Kier alpha value is -1.06. The van der Waals surface area contributed by atoms with Crippen LogP contribution in [0.1, 0.15) is 52.4 Å². The Labute approximate surface area is 97.0 Å². The fourth-order valence-corrected chi connectivity index (χ4v) is 1.60. The van der Waals surface area contributed by atoms with Crippen LogP contribution in [0.5, 0.6) is 0 Å². The Bertz CT molecular complexity index is 237. The molecule has 0 aliphatic heterocycles. The van der Waals surface area contributed by atoms with Crippen LogP contribution >= 0.6 is 0 Å².